The Hall–Kier alpha value is -1.77. The third-order valence-electron chi connectivity index (χ3n) is 3.26. The number of ether oxygens (including phenoxy) is 1. The molecule has 23 heavy (non-hydrogen) atoms. The molecule has 2 N–H and O–H groups in total. The van der Waals surface area contributed by atoms with Crippen LogP contribution in [0.15, 0.2) is 41.7 Å². The van der Waals surface area contributed by atoms with Crippen LogP contribution < -0.4 is 15.4 Å². The van der Waals surface area contributed by atoms with Crippen LogP contribution >= 0.6 is 24.0 Å². The summed E-state index contributed by atoms with van der Waals surface area (Å²) in [6.45, 7) is 4.24. The number of nitrogens with zero attached hydrogens (tertiary/aromatic N) is 3. The number of aryl methyl sites for hydroxylation is 1. The molecule has 0 fully saturated rings. The number of guanidine groups is 1. The number of nitrogens with one attached hydrogen (secondary N) is 2. The summed E-state index contributed by atoms with van der Waals surface area (Å²) in [6.07, 6.45) is 3.88. The SMILES string of the molecule is CN=C(NCCn1cc(C)cn1)NCc1ccccc1OC.I. The standard InChI is InChI=1S/C16H23N5O.HI/c1-13-10-20-21(12-13)9-8-18-16(17-2)19-11-14-6-4-5-7-15(14)22-3;/h4-7,10,12H,8-9,11H2,1-3H3,(H2,17,18,19);1H. The number of hydrogen-bond acceptors (Lipinski definition) is 3. The molecule has 0 saturated carbocycles. The second-order valence-corrected chi connectivity index (χ2v) is 4.95. The molecule has 126 valence electrons. The van der Waals surface area contributed by atoms with Crippen molar-refractivity contribution in [3.8, 4) is 5.75 Å². The highest BCUT2D eigenvalue weighted by molar-refractivity contribution is 14.0. The maximum absolute atomic E-state index is 5.34. The average molecular weight is 429 g/mol. The van der Waals surface area contributed by atoms with Crippen LogP contribution in [0.5, 0.6) is 5.75 Å². The molecule has 0 bridgehead atoms. The molecular weight excluding hydrogens is 405 g/mol. The van der Waals surface area contributed by atoms with Gasteiger partial charge in [0.25, 0.3) is 0 Å². The van der Waals surface area contributed by atoms with E-state index in [0.29, 0.717) is 6.54 Å². The lowest BCUT2D eigenvalue weighted by molar-refractivity contribution is 0.409. The number of para-hydroxylation sites is 1. The molecule has 0 aliphatic heterocycles. The lowest BCUT2D eigenvalue weighted by Gasteiger charge is -2.13. The molecule has 1 aromatic carbocycles. The van der Waals surface area contributed by atoms with Crippen LogP contribution in [0, 0.1) is 6.92 Å². The predicted molar refractivity (Wildman–Crippen MR) is 104 cm³/mol. The number of rotatable bonds is 6. The van der Waals surface area contributed by atoms with Crippen molar-refractivity contribution in [2.75, 3.05) is 20.7 Å². The average Bonchev–Trinajstić information content (AvgIpc) is 2.96. The smallest absolute Gasteiger partial charge is 0.191 e. The lowest BCUT2D eigenvalue weighted by atomic mass is 10.2. The number of methoxy groups -OCH3 is 1. The van der Waals surface area contributed by atoms with Gasteiger partial charge in [-0.1, -0.05) is 18.2 Å². The number of aliphatic imine (C=N–C) groups is 1. The van der Waals surface area contributed by atoms with Crippen molar-refractivity contribution in [1.29, 1.82) is 0 Å². The molecule has 7 heteroatoms. The van der Waals surface area contributed by atoms with E-state index in [9.17, 15) is 0 Å². The Bertz CT molecular complexity index is 626. The van der Waals surface area contributed by atoms with Crippen LogP contribution in [0.4, 0.5) is 0 Å². The van der Waals surface area contributed by atoms with Gasteiger partial charge in [-0.25, -0.2) is 0 Å². The highest BCUT2D eigenvalue weighted by atomic mass is 127. The van der Waals surface area contributed by atoms with Gasteiger partial charge in [0, 0.05) is 31.9 Å². The van der Waals surface area contributed by atoms with Gasteiger partial charge < -0.3 is 15.4 Å². The molecule has 2 aromatic rings. The van der Waals surface area contributed by atoms with E-state index in [2.05, 4.69) is 20.7 Å². The van der Waals surface area contributed by atoms with Gasteiger partial charge in [-0.15, -0.1) is 24.0 Å². The second-order valence-electron chi connectivity index (χ2n) is 4.95. The number of hydrogen-bond donors (Lipinski definition) is 2. The van der Waals surface area contributed by atoms with Crippen molar-refractivity contribution in [3.63, 3.8) is 0 Å². The van der Waals surface area contributed by atoms with E-state index in [1.807, 2.05) is 48.3 Å². The monoisotopic (exact) mass is 429 g/mol. The van der Waals surface area contributed by atoms with Crippen molar-refractivity contribution in [1.82, 2.24) is 20.4 Å². The maximum atomic E-state index is 5.34. The first-order valence-corrected chi connectivity index (χ1v) is 7.28. The zero-order valence-corrected chi connectivity index (χ0v) is 16.1. The third kappa shape index (κ3) is 6.09. The van der Waals surface area contributed by atoms with Gasteiger partial charge in [0.2, 0.25) is 0 Å². The number of benzene rings is 1. The molecule has 0 radical (unpaired) electrons. The Morgan fingerprint density at radius 2 is 2.09 bits per heavy atom. The fourth-order valence-corrected chi connectivity index (χ4v) is 2.13. The highest BCUT2D eigenvalue weighted by Gasteiger charge is 2.03. The second kappa shape index (κ2) is 10.1. The van der Waals surface area contributed by atoms with Crippen molar-refractivity contribution in [2.45, 2.75) is 20.0 Å². The summed E-state index contributed by atoms with van der Waals surface area (Å²) in [5, 5.41) is 10.8. The fourth-order valence-electron chi connectivity index (χ4n) is 2.13. The fraction of sp³-hybridized carbons (Fsp3) is 0.375. The largest absolute Gasteiger partial charge is 0.496 e. The van der Waals surface area contributed by atoms with E-state index in [0.717, 1.165) is 30.4 Å². The summed E-state index contributed by atoms with van der Waals surface area (Å²) < 4.78 is 7.25. The summed E-state index contributed by atoms with van der Waals surface area (Å²) in [5.74, 6) is 1.63. The van der Waals surface area contributed by atoms with Crippen molar-refractivity contribution in [2.24, 2.45) is 4.99 Å². The first kappa shape index (κ1) is 19.3. The lowest BCUT2D eigenvalue weighted by Crippen LogP contribution is -2.38. The molecule has 0 amide bonds. The van der Waals surface area contributed by atoms with Crippen LogP contribution in [0.25, 0.3) is 0 Å². The Labute approximate surface area is 154 Å². The molecule has 0 aliphatic rings. The quantitative estimate of drug-likeness (QED) is 0.420. The zero-order chi connectivity index (χ0) is 15.8. The van der Waals surface area contributed by atoms with Crippen molar-refractivity contribution >= 4 is 29.9 Å². The minimum absolute atomic E-state index is 0. The number of halogens is 1. The first-order chi connectivity index (χ1) is 10.7. The van der Waals surface area contributed by atoms with Gasteiger partial charge in [-0.3, -0.25) is 9.67 Å². The number of aromatic nitrogens is 2. The van der Waals surface area contributed by atoms with Gasteiger partial charge in [0.05, 0.1) is 19.9 Å². The first-order valence-electron chi connectivity index (χ1n) is 7.28. The zero-order valence-electron chi connectivity index (χ0n) is 13.7. The van der Waals surface area contributed by atoms with Gasteiger partial charge in [-0.05, 0) is 18.6 Å². The normalized spacial score (nSPS) is 10.8. The molecule has 6 nitrogen and oxygen atoms in total. The maximum Gasteiger partial charge on any atom is 0.191 e. The molecule has 1 heterocycles. The molecule has 0 spiro atoms. The Balaban J connectivity index is 0.00000264. The van der Waals surface area contributed by atoms with Gasteiger partial charge in [-0.2, -0.15) is 5.10 Å². The van der Waals surface area contributed by atoms with E-state index in [1.165, 1.54) is 5.56 Å². The molecule has 0 aliphatic carbocycles. The Morgan fingerprint density at radius 1 is 1.30 bits per heavy atom. The molecule has 2 rings (SSSR count). The van der Waals surface area contributed by atoms with E-state index in [-0.39, 0.29) is 24.0 Å². The third-order valence-corrected chi connectivity index (χ3v) is 3.26. The predicted octanol–water partition coefficient (Wildman–Crippen LogP) is 2.18. The summed E-state index contributed by atoms with van der Waals surface area (Å²) >= 11 is 0. The van der Waals surface area contributed by atoms with Gasteiger partial charge in [0.15, 0.2) is 5.96 Å². The van der Waals surface area contributed by atoms with Crippen LogP contribution in [0.1, 0.15) is 11.1 Å². The van der Waals surface area contributed by atoms with Crippen LogP contribution in [-0.2, 0) is 13.1 Å². The minimum atomic E-state index is 0. The molecule has 0 unspecified atom stereocenters. The van der Waals surface area contributed by atoms with Crippen LogP contribution in [0.3, 0.4) is 0 Å². The van der Waals surface area contributed by atoms with Crippen LogP contribution in [-0.4, -0.2) is 36.4 Å². The Kier molecular flexibility index (Phi) is 8.46. The van der Waals surface area contributed by atoms with Crippen molar-refractivity contribution in [3.05, 3.63) is 47.8 Å². The van der Waals surface area contributed by atoms with E-state index < -0.39 is 0 Å². The van der Waals surface area contributed by atoms with E-state index >= 15 is 0 Å². The summed E-state index contributed by atoms with van der Waals surface area (Å²) in [7, 11) is 3.44. The van der Waals surface area contributed by atoms with Crippen molar-refractivity contribution < 1.29 is 4.74 Å². The molecule has 0 atom stereocenters. The molecule has 0 saturated heterocycles. The van der Waals surface area contributed by atoms with E-state index in [1.54, 1.807) is 14.2 Å². The molecular formula is C16H24IN5O. The minimum Gasteiger partial charge on any atom is -0.496 e. The summed E-state index contributed by atoms with van der Waals surface area (Å²) in [6, 6.07) is 7.94. The summed E-state index contributed by atoms with van der Waals surface area (Å²) in [4.78, 5) is 4.22. The Morgan fingerprint density at radius 3 is 2.74 bits per heavy atom. The topological polar surface area (TPSA) is 63.5 Å². The highest BCUT2D eigenvalue weighted by Crippen LogP contribution is 2.16. The molecule has 1 aromatic heterocycles. The van der Waals surface area contributed by atoms with Gasteiger partial charge >= 0.3 is 0 Å². The van der Waals surface area contributed by atoms with Crippen LogP contribution in [0.2, 0.25) is 0 Å². The van der Waals surface area contributed by atoms with E-state index in [4.69, 9.17) is 4.74 Å². The summed E-state index contributed by atoms with van der Waals surface area (Å²) in [5.41, 5.74) is 2.26. The van der Waals surface area contributed by atoms with Gasteiger partial charge in [0.1, 0.15) is 5.75 Å².